The highest BCUT2D eigenvalue weighted by molar-refractivity contribution is 5.81. The van der Waals surface area contributed by atoms with Gasteiger partial charge in [-0.25, -0.2) is 0 Å². The number of ether oxygens (including phenoxy) is 1. The molecule has 5 heteroatoms. The lowest BCUT2D eigenvalue weighted by molar-refractivity contribution is -0.124. The fraction of sp³-hybridized carbons (Fsp3) is 0.500. The van der Waals surface area contributed by atoms with Gasteiger partial charge in [0.1, 0.15) is 6.04 Å². The average Bonchev–Trinajstić information content (AvgIpc) is 2.36. The van der Waals surface area contributed by atoms with Crippen molar-refractivity contribution in [3.63, 3.8) is 0 Å². The number of nitrogens with two attached hydrogens (primary N) is 2. The van der Waals surface area contributed by atoms with Gasteiger partial charge in [-0.3, -0.25) is 4.79 Å². The molecule has 0 spiro atoms. The van der Waals surface area contributed by atoms with E-state index in [1.54, 1.807) is 0 Å². The van der Waals surface area contributed by atoms with Crippen molar-refractivity contribution in [3.05, 3.63) is 35.9 Å². The van der Waals surface area contributed by atoms with Crippen LogP contribution in [0.1, 0.15) is 19.4 Å². The molecule has 1 unspecified atom stereocenters. The quantitative estimate of drug-likeness (QED) is 0.665. The molecule has 0 saturated carbocycles. The Bertz CT molecular complexity index is 387. The van der Waals surface area contributed by atoms with E-state index < -0.39 is 11.6 Å². The van der Waals surface area contributed by atoms with Crippen molar-refractivity contribution >= 4 is 5.91 Å². The molecule has 5 nitrogen and oxygen atoms in total. The van der Waals surface area contributed by atoms with E-state index >= 15 is 0 Å². The van der Waals surface area contributed by atoms with Gasteiger partial charge in [-0.1, -0.05) is 30.3 Å². The molecule has 0 radical (unpaired) electrons. The summed E-state index contributed by atoms with van der Waals surface area (Å²) in [5, 5.41) is 2.70. The molecule has 1 aromatic carbocycles. The highest BCUT2D eigenvalue weighted by atomic mass is 16.5. The summed E-state index contributed by atoms with van der Waals surface area (Å²) in [6.07, 6.45) is 0. The van der Waals surface area contributed by atoms with Gasteiger partial charge in [0.15, 0.2) is 0 Å². The summed E-state index contributed by atoms with van der Waals surface area (Å²) in [7, 11) is 0. The normalized spacial score (nSPS) is 13.1. The third kappa shape index (κ3) is 6.91. The molecule has 1 rings (SSSR count). The molecule has 0 fully saturated rings. The number of hydrogen-bond acceptors (Lipinski definition) is 4. The topological polar surface area (TPSA) is 90.4 Å². The van der Waals surface area contributed by atoms with Gasteiger partial charge in [0.25, 0.3) is 0 Å². The number of nitrogens with one attached hydrogen (secondary N) is 1. The molecule has 0 aromatic heterocycles. The molecular weight excluding hydrogens is 242 g/mol. The Morgan fingerprint density at radius 2 is 2.00 bits per heavy atom. The number of hydrogen-bond donors (Lipinski definition) is 3. The number of carbonyl (C=O) groups excluding carboxylic acids is 1. The zero-order chi connectivity index (χ0) is 14.3. The lowest BCUT2D eigenvalue weighted by Gasteiger charge is -2.20. The van der Waals surface area contributed by atoms with Gasteiger partial charge in [0.2, 0.25) is 5.91 Å². The molecule has 0 aliphatic carbocycles. The van der Waals surface area contributed by atoms with Gasteiger partial charge in [-0.2, -0.15) is 0 Å². The molecule has 0 aliphatic rings. The highest BCUT2D eigenvalue weighted by Gasteiger charge is 2.17. The van der Waals surface area contributed by atoms with Crippen LogP contribution in [-0.4, -0.2) is 30.6 Å². The standard InChI is InChI=1S/C14H23N3O2/c1-14(2,16)10-17-13(18)12(15)9-19-8-11-6-4-3-5-7-11/h3-7,12H,8-10,15-16H2,1-2H3,(H,17,18). The molecular formula is C14H23N3O2. The van der Waals surface area contributed by atoms with E-state index in [4.69, 9.17) is 16.2 Å². The summed E-state index contributed by atoms with van der Waals surface area (Å²) in [4.78, 5) is 11.7. The second-order valence-corrected chi connectivity index (χ2v) is 5.31. The number of carbonyl (C=O) groups is 1. The van der Waals surface area contributed by atoms with Gasteiger partial charge < -0.3 is 21.5 Å². The molecule has 5 N–H and O–H groups in total. The molecule has 106 valence electrons. The van der Waals surface area contributed by atoms with Gasteiger partial charge >= 0.3 is 0 Å². The SMILES string of the molecule is CC(C)(N)CNC(=O)C(N)COCc1ccccc1. The van der Waals surface area contributed by atoms with Crippen LogP contribution < -0.4 is 16.8 Å². The van der Waals surface area contributed by atoms with Crippen molar-refractivity contribution in [1.29, 1.82) is 0 Å². The van der Waals surface area contributed by atoms with Gasteiger partial charge in [-0.05, 0) is 19.4 Å². The average molecular weight is 265 g/mol. The largest absolute Gasteiger partial charge is 0.375 e. The molecule has 1 aromatic rings. The van der Waals surface area contributed by atoms with E-state index in [0.717, 1.165) is 5.56 Å². The zero-order valence-corrected chi connectivity index (χ0v) is 11.6. The summed E-state index contributed by atoms with van der Waals surface area (Å²) in [6.45, 7) is 4.70. The Morgan fingerprint density at radius 3 is 2.58 bits per heavy atom. The van der Waals surface area contributed by atoms with E-state index in [2.05, 4.69) is 5.32 Å². The van der Waals surface area contributed by atoms with E-state index in [1.165, 1.54) is 0 Å². The van der Waals surface area contributed by atoms with Crippen molar-refractivity contribution < 1.29 is 9.53 Å². The summed E-state index contributed by atoms with van der Waals surface area (Å²) in [5.41, 5.74) is 12.1. The van der Waals surface area contributed by atoms with Crippen LogP contribution in [0.4, 0.5) is 0 Å². The monoisotopic (exact) mass is 265 g/mol. The van der Waals surface area contributed by atoms with Crippen LogP contribution in [0.2, 0.25) is 0 Å². The predicted molar refractivity (Wildman–Crippen MR) is 75.3 cm³/mol. The van der Waals surface area contributed by atoms with Crippen LogP contribution in [0.3, 0.4) is 0 Å². The third-order valence-corrected chi connectivity index (χ3v) is 2.46. The number of amides is 1. The first kappa shape index (κ1) is 15.6. The Kier molecular flexibility index (Phi) is 5.95. The Balaban J connectivity index is 2.23. The molecule has 1 atom stereocenters. The van der Waals surface area contributed by atoms with E-state index in [0.29, 0.717) is 13.2 Å². The molecule has 0 heterocycles. The molecule has 1 amide bonds. The highest BCUT2D eigenvalue weighted by Crippen LogP contribution is 2.00. The van der Waals surface area contributed by atoms with Gasteiger partial charge in [0, 0.05) is 12.1 Å². The van der Waals surface area contributed by atoms with Crippen LogP contribution >= 0.6 is 0 Å². The van der Waals surface area contributed by atoms with E-state index in [9.17, 15) is 4.79 Å². The molecule has 19 heavy (non-hydrogen) atoms. The smallest absolute Gasteiger partial charge is 0.239 e. The van der Waals surface area contributed by atoms with Crippen molar-refractivity contribution in [1.82, 2.24) is 5.32 Å². The van der Waals surface area contributed by atoms with Crippen molar-refractivity contribution in [2.45, 2.75) is 32.0 Å². The lowest BCUT2D eigenvalue weighted by atomic mass is 10.1. The first-order chi connectivity index (χ1) is 8.88. The second kappa shape index (κ2) is 7.23. The number of benzene rings is 1. The summed E-state index contributed by atoms with van der Waals surface area (Å²) in [5.74, 6) is -0.244. The fourth-order valence-electron chi connectivity index (χ4n) is 1.40. The van der Waals surface area contributed by atoms with E-state index in [-0.39, 0.29) is 12.5 Å². The van der Waals surface area contributed by atoms with Crippen LogP contribution in [0, 0.1) is 0 Å². The van der Waals surface area contributed by atoms with Gasteiger partial charge in [0.05, 0.1) is 13.2 Å². The predicted octanol–water partition coefficient (Wildman–Crippen LogP) is 0.384. The summed E-state index contributed by atoms with van der Waals surface area (Å²) < 4.78 is 5.42. The minimum absolute atomic E-state index is 0.186. The Hall–Kier alpha value is -1.43. The van der Waals surface area contributed by atoms with E-state index in [1.807, 2.05) is 44.2 Å². The first-order valence-electron chi connectivity index (χ1n) is 6.32. The van der Waals surface area contributed by atoms with Crippen molar-refractivity contribution in [2.75, 3.05) is 13.2 Å². The van der Waals surface area contributed by atoms with Crippen LogP contribution in [0.25, 0.3) is 0 Å². The minimum atomic E-state index is -0.675. The van der Waals surface area contributed by atoms with Gasteiger partial charge in [-0.15, -0.1) is 0 Å². The molecule has 0 aliphatic heterocycles. The Labute approximate surface area is 114 Å². The fourth-order valence-corrected chi connectivity index (χ4v) is 1.40. The molecule has 0 bridgehead atoms. The maximum atomic E-state index is 11.7. The first-order valence-corrected chi connectivity index (χ1v) is 6.32. The number of rotatable bonds is 7. The maximum Gasteiger partial charge on any atom is 0.239 e. The minimum Gasteiger partial charge on any atom is -0.375 e. The molecule has 0 saturated heterocycles. The van der Waals surface area contributed by atoms with Crippen LogP contribution in [0.15, 0.2) is 30.3 Å². The summed E-state index contributed by atoms with van der Waals surface area (Å²) >= 11 is 0. The third-order valence-electron chi connectivity index (χ3n) is 2.46. The van der Waals surface area contributed by atoms with Crippen molar-refractivity contribution in [3.8, 4) is 0 Å². The lowest BCUT2D eigenvalue weighted by Crippen LogP contribution is -2.50. The van der Waals surface area contributed by atoms with Crippen molar-refractivity contribution in [2.24, 2.45) is 11.5 Å². The summed E-state index contributed by atoms with van der Waals surface area (Å²) in [6, 6.07) is 9.07. The Morgan fingerprint density at radius 1 is 1.37 bits per heavy atom. The van der Waals surface area contributed by atoms with Crippen LogP contribution in [0.5, 0.6) is 0 Å². The van der Waals surface area contributed by atoms with Crippen LogP contribution in [-0.2, 0) is 16.1 Å². The maximum absolute atomic E-state index is 11.7. The zero-order valence-electron chi connectivity index (χ0n) is 11.6. The second-order valence-electron chi connectivity index (χ2n) is 5.31.